The zero-order valence-electron chi connectivity index (χ0n) is 19.1. The van der Waals surface area contributed by atoms with Crippen LogP contribution in [0.5, 0.6) is 5.75 Å². The molecule has 5 nitrogen and oxygen atoms in total. The van der Waals surface area contributed by atoms with Crippen LogP contribution in [0, 0.1) is 5.82 Å². The highest BCUT2D eigenvalue weighted by Gasteiger charge is 2.25. The fraction of sp³-hybridized carbons (Fsp3) is 0.320. The number of hydrogen-bond acceptors (Lipinski definition) is 4. The van der Waals surface area contributed by atoms with E-state index in [0.29, 0.717) is 27.4 Å². The van der Waals surface area contributed by atoms with Crippen molar-refractivity contribution in [3.8, 4) is 16.9 Å². The van der Waals surface area contributed by atoms with Crippen LogP contribution < -0.4 is 4.74 Å². The van der Waals surface area contributed by atoms with Crippen molar-refractivity contribution in [2.75, 3.05) is 7.11 Å². The van der Waals surface area contributed by atoms with Gasteiger partial charge in [-0.2, -0.15) is 0 Å². The average Bonchev–Trinajstić information content (AvgIpc) is 3.14. The SMILES string of the molecule is C.CC.CC/C(=C\C=C(C)C)S(=O)(=O)n1cc(-c2cccc(F)c2OC)c2cc(Br)cnc21. The van der Waals surface area contributed by atoms with Gasteiger partial charge in [0.25, 0.3) is 10.0 Å². The number of ether oxygens (including phenoxy) is 1. The van der Waals surface area contributed by atoms with Crippen molar-refractivity contribution >= 4 is 37.0 Å². The van der Waals surface area contributed by atoms with Gasteiger partial charge in [-0.15, -0.1) is 0 Å². The number of rotatable bonds is 6. The van der Waals surface area contributed by atoms with E-state index >= 15 is 0 Å². The van der Waals surface area contributed by atoms with Gasteiger partial charge in [-0.1, -0.05) is 52.0 Å². The maximum Gasteiger partial charge on any atom is 0.265 e. The third kappa shape index (κ3) is 5.92. The van der Waals surface area contributed by atoms with Gasteiger partial charge in [0.05, 0.1) is 12.0 Å². The first-order valence-electron chi connectivity index (χ1n) is 10.3. The second kappa shape index (κ2) is 12.1. The third-order valence-corrected chi connectivity index (χ3v) is 6.90. The van der Waals surface area contributed by atoms with Crippen LogP contribution in [0.1, 0.15) is 48.5 Å². The Balaban J connectivity index is 0.00000177. The molecule has 0 saturated heterocycles. The summed E-state index contributed by atoms with van der Waals surface area (Å²) in [5, 5.41) is 0.564. The van der Waals surface area contributed by atoms with Crippen LogP contribution in [0.4, 0.5) is 4.39 Å². The lowest BCUT2D eigenvalue weighted by molar-refractivity contribution is 0.388. The molecule has 0 aliphatic heterocycles. The topological polar surface area (TPSA) is 61.2 Å². The number of nitrogens with zero attached hydrogens (tertiary/aromatic N) is 2. The van der Waals surface area contributed by atoms with Gasteiger partial charge in [0.1, 0.15) is 0 Å². The number of hydrogen-bond donors (Lipinski definition) is 0. The molecule has 33 heavy (non-hydrogen) atoms. The van der Waals surface area contributed by atoms with E-state index in [2.05, 4.69) is 20.9 Å². The van der Waals surface area contributed by atoms with E-state index in [4.69, 9.17) is 4.74 Å². The lowest BCUT2D eigenvalue weighted by Gasteiger charge is -2.09. The Morgan fingerprint density at radius 1 is 1.21 bits per heavy atom. The van der Waals surface area contributed by atoms with Crippen LogP contribution >= 0.6 is 15.9 Å². The van der Waals surface area contributed by atoms with Crippen LogP contribution in [0.3, 0.4) is 0 Å². The molecule has 2 heterocycles. The van der Waals surface area contributed by atoms with E-state index in [0.717, 1.165) is 9.55 Å². The predicted molar refractivity (Wildman–Crippen MR) is 140 cm³/mol. The molecule has 0 fully saturated rings. The summed E-state index contributed by atoms with van der Waals surface area (Å²) in [7, 11) is -2.50. The molecule has 0 aliphatic carbocycles. The van der Waals surface area contributed by atoms with Gasteiger partial charge in [0, 0.05) is 33.4 Å². The van der Waals surface area contributed by atoms with Crippen LogP contribution in [0.15, 0.2) is 63.8 Å². The molecular weight excluding hydrogens is 507 g/mol. The minimum absolute atomic E-state index is 0. The zero-order valence-corrected chi connectivity index (χ0v) is 21.5. The van der Waals surface area contributed by atoms with Crippen LogP contribution in [-0.2, 0) is 10.0 Å². The Morgan fingerprint density at radius 3 is 2.45 bits per heavy atom. The van der Waals surface area contributed by atoms with Gasteiger partial charge >= 0.3 is 0 Å². The summed E-state index contributed by atoms with van der Waals surface area (Å²) in [5.41, 5.74) is 2.20. The molecule has 1 aromatic carbocycles. The van der Waals surface area contributed by atoms with Crippen molar-refractivity contribution in [3.63, 3.8) is 0 Å². The molecule has 0 saturated carbocycles. The van der Waals surface area contributed by atoms with E-state index < -0.39 is 15.8 Å². The Hall–Kier alpha value is -2.45. The van der Waals surface area contributed by atoms with Gasteiger partial charge in [-0.05, 0) is 54.4 Å². The highest BCUT2D eigenvalue weighted by atomic mass is 79.9. The number of methoxy groups -OCH3 is 1. The Morgan fingerprint density at radius 2 is 1.88 bits per heavy atom. The molecule has 8 heteroatoms. The number of benzene rings is 1. The van der Waals surface area contributed by atoms with Crippen molar-refractivity contribution in [3.05, 3.63) is 69.6 Å². The number of fused-ring (bicyclic) bond motifs is 1. The lowest BCUT2D eigenvalue weighted by Crippen LogP contribution is -2.14. The first kappa shape index (κ1) is 28.6. The molecule has 0 N–H and O–H groups in total. The molecule has 3 rings (SSSR count). The molecular formula is C25H32BrFN2O3S. The van der Waals surface area contributed by atoms with Crippen LogP contribution in [-0.4, -0.2) is 24.5 Å². The predicted octanol–water partition coefficient (Wildman–Crippen LogP) is 7.71. The second-order valence-electron chi connectivity index (χ2n) is 6.92. The van der Waals surface area contributed by atoms with E-state index in [1.807, 2.05) is 27.7 Å². The molecule has 3 aromatic rings. The van der Waals surface area contributed by atoms with Crippen LogP contribution in [0.2, 0.25) is 0 Å². The molecule has 180 valence electrons. The van der Waals surface area contributed by atoms with Gasteiger partial charge in [-0.3, -0.25) is 0 Å². The highest BCUT2D eigenvalue weighted by Crippen LogP contribution is 2.39. The normalized spacial score (nSPS) is 11.3. The molecule has 0 spiro atoms. The largest absolute Gasteiger partial charge is 0.493 e. The Bertz CT molecular complexity index is 1270. The van der Waals surface area contributed by atoms with E-state index in [1.54, 1.807) is 37.3 Å². The van der Waals surface area contributed by atoms with Gasteiger partial charge in [0.15, 0.2) is 17.2 Å². The summed E-state index contributed by atoms with van der Waals surface area (Å²) in [4.78, 5) is 4.60. The van der Waals surface area contributed by atoms with Gasteiger partial charge < -0.3 is 4.74 Å². The molecule has 0 bridgehead atoms. The fourth-order valence-electron chi connectivity index (χ4n) is 3.15. The summed E-state index contributed by atoms with van der Waals surface area (Å²) < 4.78 is 48.3. The molecule has 0 atom stereocenters. The monoisotopic (exact) mass is 538 g/mol. The molecule has 2 aromatic heterocycles. The highest BCUT2D eigenvalue weighted by molar-refractivity contribution is 9.10. The molecule has 0 radical (unpaired) electrons. The Labute approximate surface area is 205 Å². The zero-order chi connectivity index (χ0) is 24.1. The summed E-state index contributed by atoms with van der Waals surface area (Å²) in [6, 6.07) is 6.31. The van der Waals surface area contributed by atoms with E-state index in [-0.39, 0.29) is 23.7 Å². The minimum Gasteiger partial charge on any atom is -0.493 e. The molecule has 0 unspecified atom stereocenters. The number of aromatic nitrogens is 2. The maximum atomic E-state index is 14.3. The first-order valence-corrected chi connectivity index (χ1v) is 12.5. The van der Waals surface area contributed by atoms with E-state index in [1.165, 1.54) is 25.6 Å². The maximum absolute atomic E-state index is 14.3. The number of para-hydroxylation sites is 1. The quantitative estimate of drug-likeness (QED) is 0.301. The van der Waals surface area contributed by atoms with Gasteiger partial charge in [0.2, 0.25) is 0 Å². The first-order chi connectivity index (χ1) is 15.2. The number of halogens is 2. The van der Waals surface area contributed by atoms with Crippen molar-refractivity contribution in [2.45, 2.75) is 48.5 Å². The summed E-state index contributed by atoms with van der Waals surface area (Å²) in [5.74, 6) is -0.482. The minimum atomic E-state index is -3.88. The third-order valence-electron chi connectivity index (χ3n) is 4.58. The smallest absolute Gasteiger partial charge is 0.265 e. The summed E-state index contributed by atoms with van der Waals surface area (Å²) >= 11 is 3.39. The lowest BCUT2D eigenvalue weighted by atomic mass is 10.0. The number of allylic oxidation sites excluding steroid dienone is 4. The van der Waals surface area contributed by atoms with Crippen molar-refractivity contribution in [2.24, 2.45) is 0 Å². The summed E-state index contributed by atoms with van der Waals surface area (Å²) in [6.07, 6.45) is 6.70. The molecule has 0 aliphatic rings. The van der Waals surface area contributed by atoms with Crippen molar-refractivity contribution in [1.29, 1.82) is 0 Å². The van der Waals surface area contributed by atoms with Crippen LogP contribution in [0.25, 0.3) is 22.2 Å². The second-order valence-corrected chi connectivity index (χ2v) is 9.70. The van der Waals surface area contributed by atoms with E-state index in [9.17, 15) is 12.8 Å². The fourth-order valence-corrected chi connectivity index (χ4v) is 4.96. The van der Waals surface area contributed by atoms with Crippen molar-refractivity contribution < 1.29 is 17.5 Å². The Kier molecular flexibility index (Phi) is 10.5. The molecule has 0 amide bonds. The standard InChI is InChI=1S/C22H22BrFN2O3S.C2H6.CH4/c1-5-16(10-9-14(2)3)30(27,28)26-13-19(18-11-15(23)12-25-22(18)26)17-7-6-8-20(24)21(17)29-4;1-2;/h6-13H,5H2,1-4H3;1-2H3;1H4/b16-10+;;. The van der Waals surface area contributed by atoms with Crippen molar-refractivity contribution in [1.82, 2.24) is 8.96 Å². The van der Waals surface area contributed by atoms with Gasteiger partial charge in [-0.25, -0.2) is 21.8 Å². The summed E-state index contributed by atoms with van der Waals surface area (Å²) in [6.45, 7) is 9.58. The average molecular weight is 540 g/mol. The number of pyridine rings is 1.